The Morgan fingerprint density at radius 2 is 2.20 bits per heavy atom. The average molecular weight is 287 g/mol. The number of hydrogen-bond acceptors (Lipinski definition) is 4. The van der Waals surface area contributed by atoms with Gasteiger partial charge in [0, 0.05) is 5.56 Å². The molecular formula is C14H11ClN4O. The lowest BCUT2D eigenvalue weighted by Gasteiger charge is -2.20. The van der Waals surface area contributed by atoms with Crippen molar-refractivity contribution in [3.8, 4) is 17.0 Å². The van der Waals surface area contributed by atoms with Crippen LogP contribution in [-0.2, 0) is 6.42 Å². The monoisotopic (exact) mass is 286 g/mol. The highest BCUT2D eigenvalue weighted by Crippen LogP contribution is 2.37. The second-order valence-corrected chi connectivity index (χ2v) is 5.06. The lowest BCUT2D eigenvalue weighted by atomic mass is 9.99. The van der Waals surface area contributed by atoms with Crippen LogP contribution in [0.3, 0.4) is 0 Å². The van der Waals surface area contributed by atoms with Crippen molar-refractivity contribution < 1.29 is 4.74 Å². The van der Waals surface area contributed by atoms with Gasteiger partial charge in [-0.25, -0.2) is 4.98 Å². The summed E-state index contributed by atoms with van der Waals surface area (Å²) in [5.41, 5.74) is 3.54. The largest absolute Gasteiger partial charge is 0.493 e. The molecular weight excluding hydrogens is 276 g/mol. The number of ether oxygens (including phenoxy) is 1. The molecule has 6 heteroatoms. The minimum absolute atomic E-state index is 0.199. The van der Waals surface area contributed by atoms with Gasteiger partial charge in [0.25, 0.3) is 0 Å². The first-order valence-corrected chi connectivity index (χ1v) is 6.82. The van der Waals surface area contributed by atoms with E-state index in [2.05, 4.69) is 26.2 Å². The molecule has 0 saturated carbocycles. The van der Waals surface area contributed by atoms with Gasteiger partial charge in [0.1, 0.15) is 5.75 Å². The summed E-state index contributed by atoms with van der Waals surface area (Å²) in [6.45, 7) is 0.733. The molecule has 1 aliphatic heterocycles. The number of rotatable bonds is 1. The van der Waals surface area contributed by atoms with Crippen molar-refractivity contribution in [3.63, 3.8) is 0 Å². The molecule has 5 nitrogen and oxygen atoms in total. The number of nitrogens with one attached hydrogen (secondary N) is 1. The van der Waals surface area contributed by atoms with E-state index < -0.39 is 0 Å². The number of aryl methyl sites for hydroxylation is 1. The van der Waals surface area contributed by atoms with Gasteiger partial charge in [0.05, 0.1) is 23.9 Å². The Hall–Kier alpha value is -2.14. The van der Waals surface area contributed by atoms with Gasteiger partial charge in [-0.3, -0.25) is 5.10 Å². The van der Waals surface area contributed by atoms with Crippen LogP contribution in [0.25, 0.3) is 22.3 Å². The maximum absolute atomic E-state index is 6.00. The Bertz CT molecular complexity index is 799. The first-order valence-electron chi connectivity index (χ1n) is 6.44. The van der Waals surface area contributed by atoms with E-state index in [0.717, 1.165) is 41.8 Å². The van der Waals surface area contributed by atoms with E-state index in [0.29, 0.717) is 5.65 Å². The fraction of sp³-hybridized carbons (Fsp3) is 0.214. The van der Waals surface area contributed by atoms with Gasteiger partial charge < -0.3 is 4.74 Å². The molecule has 3 heterocycles. The molecule has 0 spiro atoms. The maximum Gasteiger partial charge on any atom is 0.224 e. The van der Waals surface area contributed by atoms with E-state index in [9.17, 15) is 0 Å². The summed E-state index contributed by atoms with van der Waals surface area (Å²) in [5, 5.41) is 7.88. The molecule has 1 N–H and O–H groups in total. The van der Waals surface area contributed by atoms with Crippen molar-refractivity contribution >= 4 is 22.6 Å². The van der Waals surface area contributed by atoms with E-state index in [1.54, 1.807) is 6.20 Å². The van der Waals surface area contributed by atoms with Crippen molar-refractivity contribution in [1.82, 2.24) is 20.2 Å². The quantitative estimate of drug-likeness (QED) is 0.699. The van der Waals surface area contributed by atoms with E-state index in [4.69, 9.17) is 16.3 Å². The fourth-order valence-corrected chi connectivity index (χ4v) is 2.76. The summed E-state index contributed by atoms with van der Waals surface area (Å²) in [6, 6.07) is 6.10. The Morgan fingerprint density at radius 1 is 1.25 bits per heavy atom. The lowest BCUT2D eigenvalue weighted by molar-refractivity contribution is 0.289. The third-order valence-electron chi connectivity index (χ3n) is 3.47. The molecule has 100 valence electrons. The molecule has 2 aromatic heterocycles. The van der Waals surface area contributed by atoms with Crippen molar-refractivity contribution in [2.45, 2.75) is 12.8 Å². The van der Waals surface area contributed by atoms with E-state index >= 15 is 0 Å². The smallest absolute Gasteiger partial charge is 0.224 e. The Labute approximate surface area is 120 Å². The summed E-state index contributed by atoms with van der Waals surface area (Å²) < 4.78 is 5.84. The minimum Gasteiger partial charge on any atom is -0.493 e. The number of H-pyrrole nitrogens is 1. The van der Waals surface area contributed by atoms with Crippen LogP contribution in [0.2, 0.25) is 5.28 Å². The highest BCUT2D eigenvalue weighted by Gasteiger charge is 2.19. The standard InChI is InChI=1S/C14H11ClN4O/c15-14-17-11(10-7-16-19-13(10)18-14)9-5-1-3-8-4-2-6-20-12(8)9/h1,3,5,7H,2,4,6H2,(H,16,17,18,19). The molecule has 0 radical (unpaired) electrons. The van der Waals surface area contributed by atoms with E-state index in [1.807, 2.05) is 12.1 Å². The number of aromatic amines is 1. The predicted molar refractivity (Wildman–Crippen MR) is 75.9 cm³/mol. The number of nitrogens with zero attached hydrogens (tertiary/aromatic N) is 3. The number of aromatic nitrogens is 4. The van der Waals surface area contributed by atoms with Crippen LogP contribution in [0.1, 0.15) is 12.0 Å². The minimum atomic E-state index is 0.199. The van der Waals surface area contributed by atoms with E-state index in [-0.39, 0.29) is 5.28 Å². The number of para-hydroxylation sites is 1. The van der Waals surface area contributed by atoms with Gasteiger partial charge >= 0.3 is 0 Å². The van der Waals surface area contributed by atoms with Crippen LogP contribution < -0.4 is 4.74 Å². The zero-order valence-corrected chi connectivity index (χ0v) is 11.3. The molecule has 1 aromatic carbocycles. The van der Waals surface area contributed by atoms with Gasteiger partial charge in [-0.1, -0.05) is 12.1 Å². The zero-order valence-electron chi connectivity index (χ0n) is 10.6. The molecule has 0 saturated heterocycles. The molecule has 1 aliphatic rings. The molecule has 3 aromatic rings. The van der Waals surface area contributed by atoms with Gasteiger partial charge in [0.15, 0.2) is 5.65 Å². The van der Waals surface area contributed by atoms with Gasteiger partial charge in [-0.15, -0.1) is 0 Å². The van der Waals surface area contributed by atoms with Crippen LogP contribution in [0.4, 0.5) is 0 Å². The second kappa shape index (κ2) is 4.45. The fourth-order valence-electron chi connectivity index (χ4n) is 2.59. The normalized spacial score (nSPS) is 14.1. The summed E-state index contributed by atoms with van der Waals surface area (Å²) >= 11 is 6.00. The summed E-state index contributed by atoms with van der Waals surface area (Å²) in [7, 11) is 0. The Balaban J connectivity index is 2.02. The highest BCUT2D eigenvalue weighted by atomic mass is 35.5. The molecule has 4 rings (SSSR count). The zero-order chi connectivity index (χ0) is 13.5. The van der Waals surface area contributed by atoms with Crippen LogP contribution in [-0.4, -0.2) is 26.8 Å². The van der Waals surface area contributed by atoms with Gasteiger partial charge in [-0.2, -0.15) is 10.1 Å². The average Bonchev–Trinajstić information content (AvgIpc) is 2.94. The third kappa shape index (κ3) is 1.74. The van der Waals surface area contributed by atoms with Crippen LogP contribution >= 0.6 is 11.6 Å². The SMILES string of the molecule is Clc1nc(-c2cccc3c2OCCC3)c2cn[nH]c2n1. The van der Waals surface area contributed by atoms with Crippen molar-refractivity contribution in [3.05, 3.63) is 35.2 Å². The van der Waals surface area contributed by atoms with Gasteiger partial charge in [-0.05, 0) is 36.1 Å². The first-order chi connectivity index (χ1) is 9.83. The van der Waals surface area contributed by atoms with Crippen LogP contribution in [0.5, 0.6) is 5.75 Å². The first kappa shape index (κ1) is 11.7. The number of halogens is 1. The molecule has 0 unspecified atom stereocenters. The number of benzene rings is 1. The second-order valence-electron chi connectivity index (χ2n) is 4.72. The van der Waals surface area contributed by atoms with Crippen molar-refractivity contribution in [1.29, 1.82) is 0 Å². The lowest BCUT2D eigenvalue weighted by Crippen LogP contribution is -2.09. The van der Waals surface area contributed by atoms with Crippen molar-refractivity contribution in [2.24, 2.45) is 0 Å². The molecule has 0 amide bonds. The Kier molecular flexibility index (Phi) is 2.60. The molecule has 0 aliphatic carbocycles. The number of hydrogen-bond donors (Lipinski definition) is 1. The summed E-state index contributed by atoms with van der Waals surface area (Å²) in [5.74, 6) is 0.899. The van der Waals surface area contributed by atoms with Crippen LogP contribution in [0, 0.1) is 0 Å². The van der Waals surface area contributed by atoms with Gasteiger partial charge in [0.2, 0.25) is 5.28 Å². The molecule has 0 atom stereocenters. The number of fused-ring (bicyclic) bond motifs is 2. The van der Waals surface area contributed by atoms with Crippen LogP contribution in [0.15, 0.2) is 24.4 Å². The van der Waals surface area contributed by atoms with E-state index in [1.165, 1.54) is 5.56 Å². The molecule has 0 fully saturated rings. The highest BCUT2D eigenvalue weighted by molar-refractivity contribution is 6.28. The summed E-state index contributed by atoms with van der Waals surface area (Å²) in [6.07, 6.45) is 3.78. The Morgan fingerprint density at radius 3 is 3.15 bits per heavy atom. The molecule has 20 heavy (non-hydrogen) atoms. The topological polar surface area (TPSA) is 63.7 Å². The maximum atomic E-state index is 6.00. The third-order valence-corrected chi connectivity index (χ3v) is 3.64. The van der Waals surface area contributed by atoms with Crippen molar-refractivity contribution in [2.75, 3.05) is 6.61 Å². The molecule has 0 bridgehead atoms. The predicted octanol–water partition coefficient (Wildman–Crippen LogP) is 3.00. The summed E-state index contributed by atoms with van der Waals surface area (Å²) in [4.78, 5) is 8.50.